The van der Waals surface area contributed by atoms with Gasteiger partial charge in [-0.3, -0.25) is 0 Å². The Morgan fingerprint density at radius 1 is 0.864 bits per heavy atom. The van der Waals surface area contributed by atoms with E-state index in [4.69, 9.17) is 0 Å². The molecule has 4 nitrogen and oxygen atoms in total. The number of hydrogen-bond acceptors (Lipinski definition) is 2. The standard InChI is InChI=1S/C18H18O4/c1-2-14-15(17(19)20)10-13(11-16(14)18(21)22)9-8-12-6-4-3-5-7-12/h3-7,10-11H,2,8-9H2,1H3,(H,19,20)(H,21,22). The lowest BCUT2D eigenvalue weighted by Gasteiger charge is -2.11. The molecule has 0 saturated carbocycles. The third-order valence-electron chi connectivity index (χ3n) is 3.67. The van der Waals surface area contributed by atoms with Gasteiger partial charge in [-0.25, -0.2) is 9.59 Å². The predicted octanol–water partition coefficient (Wildman–Crippen LogP) is 3.43. The number of rotatable bonds is 6. The van der Waals surface area contributed by atoms with Gasteiger partial charge in [0.05, 0.1) is 11.1 Å². The third-order valence-corrected chi connectivity index (χ3v) is 3.67. The molecule has 0 aliphatic carbocycles. The number of aryl methyl sites for hydroxylation is 2. The number of aromatic carboxylic acids is 2. The second kappa shape index (κ2) is 6.89. The van der Waals surface area contributed by atoms with Gasteiger partial charge in [0.15, 0.2) is 0 Å². The lowest BCUT2D eigenvalue weighted by molar-refractivity contribution is 0.0695. The van der Waals surface area contributed by atoms with Crippen LogP contribution in [0.15, 0.2) is 42.5 Å². The molecule has 0 fully saturated rings. The molecule has 0 atom stereocenters. The smallest absolute Gasteiger partial charge is 0.335 e. The fraction of sp³-hybridized carbons (Fsp3) is 0.222. The van der Waals surface area contributed by atoms with Crippen molar-refractivity contribution in [1.82, 2.24) is 0 Å². The molecular weight excluding hydrogens is 280 g/mol. The molecule has 2 rings (SSSR count). The van der Waals surface area contributed by atoms with Crippen molar-refractivity contribution in [3.63, 3.8) is 0 Å². The first-order valence-corrected chi connectivity index (χ1v) is 7.19. The molecule has 2 aromatic rings. The summed E-state index contributed by atoms with van der Waals surface area (Å²) in [6.07, 6.45) is 1.72. The Morgan fingerprint density at radius 2 is 1.36 bits per heavy atom. The van der Waals surface area contributed by atoms with Crippen LogP contribution in [0, 0.1) is 0 Å². The highest BCUT2D eigenvalue weighted by Crippen LogP contribution is 2.20. The zero-order valence-electron chi connectivity index (χ0n) is 12.4. The van der Waals surface area contributed by atoms with Crippen LogP contribution in [0.3, 0.4) is 0 Å². The molecule has 0 bridgehead atoms. The van der Waals surface area contributed by atoms with Crippen LogP contribution in [-0.4, -0.2) is 22.2 Å². The zero-order valence-corrected chi connectivity index (χ0v) is 12.4. The quantitative estimate of drug-likeness (QED) is 0.856. The molecule has 0 amide bonds. The van der Waals surface area contributed by atoms with Crippen LogP contribution in [0.1, 0.15) is 44.3 Å². The summed E-state index contributed by atoms with van der Waals surface area (Å²) >= 11 is 0. The average molecular weight is 298 g/mol. The lowest BCUT2D eigenvalue weighted by Crippen LogP contribution is -2.11. The summed E-state index contributed by atoms with van der Waals surface area (Å²) in [7, 11) is 0. The highest BCUT2D eigenvalue weighted by molar-refractivity contribution is 5.97. The van der Waals surface area contributed by atoms with E-state index in [0.717, 1.165) is 17.5 Å². The van der Waals surface area contributed by atoms with Crippen LogP contribution >= 0.6 is 0 Å². The summed E-state index contributed by atoms with van der Waals surface area (Å²) in [6, 6.07) is 13.0. The first-order valence-electron chi connectivity index (χ1n) is 7.19. The zero-order chi connectivity index (χ0) is 16.1. The Kier molecular flexibility index (Phi) is 4.94. The Balaban J connectivity index is 2.35. The summed E-state index contributed by atoms with van der Waals surface area (Å²) < 4.78 is 0. The van der Waals surface area contributed by atoms with Crippen molar-refractivity contribution >= 4 is 11.9 Å². The Hall–Kier alpha value is -2.62. The minimum atomic E-state index is -1.08. The van der Waals surface area contributed by atoms with Crippen molar-refractivity contribution < 1.29 is 19.8 Å². The SMILES string of the molecule is CCc1c(C(=O)O)cc(CCc2ccccc2)cc1C(=O)O. The number of hydrogen-bond donors (Lipinski definition) is 2. The van der Waals surface area contributed by atoms with Crippen LogP contribution in [0.2, 0.25) is 0 Å². The van der Waals surface area contributed by atoms with Crippen molar-refractivity contribution in [2.45, 2.75) is 26.2 Å². The summed E-state index contributed by atoms with van der Waals surface area (Å²) in [4.78, 5) is 22.8. The van der Waals surface area contributed by atoms with Gasteiger partial charge in [-0.05, 0) is 48.1 Å². The van der Waals surface area contributed by atoms with E-state index in [1.54, 1.807) is 19.1 Å². The number of benzene rings is 2. The molecule has 2 aromatic carbocycles. The van der Waals surface area contributed by atoms with Crippen LogP contribution in [-0.2, 0) is 19.3 Å². The molecule has 22 heavy (non-hydrogen) atoms. The first-order chi connectivity index (χ1) is 10.5. The Morgan fingerprint density at radius 3 is 1.82 bits per heavy atom. The molecule has 114 valence electrons. The Labute approximate surface area is 129 Å². The first kappa shape index (κ1) is 15.8. The highest BCUT2D eigenvalue weighted by atomic mass is 16.4. The molecule has 2 N–H and O–H groups in total. The van der Waals surface area contributed by atoms with Gasteiger partial charge in [-0.1, -0.05) is 37.3 Å². The predicted molar refractivity (Wildman–Crippen MR) is 83.6 cm³/mol. The monoisotopic (exact) mass is 298 g/mol. The van der Waals surface area contributed by atoms with E-state index in [1.165, 1.54) is 0 Å². The van der Waals surface area contributed by atoms with E-state index in [-0.39, 0.29) is 11.1 Å². The Bertz CT molecular complexity index is 654. The minimum absolute atomic E-state index is 0.0884. The summed E-state index contributed by atoms with van der Waals surface area (Å²) in [6.45, 7) is 1.76. The fourth-order valence-electron chi connectivity index (χ4n) is 2.57. The second-order valence-corrected chi connectivity index (χ2v) is 5.12. The van der Waals surface area contributed by atoms with Gasteiger partial charge in [-0.2, -0.15) is 0 Å². The average Bonchev–Trinajstić information content (AvgIpc) is 2.52. The number of carboxylic acid groups (broad SMARTS) is 2. The molecular formula is C18H18O4. The van der Waals surface area contributed by atoms with E-state index in [1.807, 2.05) is 30.3 Å². The van der Waals surface area contributed by atoms with Gasteiger partial charge in [-0.15, -0.1) is 0 Å². The van der Waals surface area contributed by atoms with Crippen molar-refractivity contribution in [2.75, 3.05) is 0 Å². The summed E-state index contributed by atoms with van der Waals surface area (Å²) in [5.41, 5.74) is 2.42. The minimum Gasteiger partial charge on any atom is -0.478 e. The van der Waals surface area contributed by atoms with Gasteiger partial charge >= 0.3 is 11.9 Å². The molecule has 0 unspecified atom stereocenters. The topological polar surface area (TPSA) is 74.6 Å². The maximum Gasteiger partial charge on any atom is 0.335 e. The molecule has 0 spiro atoms. The van der Waals surface area contributed by atoms with Gasteiger partial charge in [0.2, 0.25) is 0 Å². The molecule has 0 aliphatic rings. The third kappa shape index (κ3) is 3.52. The van der Waals surface area contributed by atoms with Crippen molar-refractivity contribution in [2.24, 2.45) is 0 Å². The molecule has 0 saturated heterocycles. The van der Waals surface area contributed by atoms with Gasteiger partial charge < -0.3 is 10.2 Å². The molecule has 0 aromatic heterocycles. The van der Waals surface area contributed by atoms with Crippen molar-refractivity contribution in [3.8, 4) is 0 Å². The van der Waals surface area contributed by atoms with Crippen LogP contribution in [0.5, 0.6) is 0 Å². The van der Waals surface area contributed by atoms with Crippen LogP contribution in [0.25, 0.3) is 0 Å². The lowest BCUT2D eigenvalue weighted by atomic mass is 9.93. The van der Waals surface area contributed by atoms with Crippen molar-refractivity contribution in [1.29, 1.82) is 0 Å². The molecule has 0 heterocycles. The van der Waals surface area contributed by atoms with Gasteiger partial charge in [0.1, 0.15) is 0 Å². The largest absolute Gasteiger partial charge is 0.478 e. The molecule has 4 heteroatoms. The van der Waals surface area contributed by atoms with Gasteiger partial charge in [0.25, 0.3) is 0 Å². The van der Waals surface area contributed by atoms with E-state index < -0.39 is 11.9 Å². The molecule has 0 aliphatic heterocycles. The maximum absolute atomic E-state index is 11.4. The second-order valence-electron chi connectivity index (χ2n) is 5.12. The normalized spacial score (nSPS) is 10.4. The van der Waals surface area contributed by atoms with Crippen LogP contribution in [0.4, 0.5) is 0 Å². The fourth-order valence-corrected chi connectivity index (χ4v) is 2.57. The van der Waals surface area contributed by atoms with E-state index in [9.17, 15) is 19.8 Å². The van der Waals surface area contributed by atoms with E-state index >= 15 is 0 Å². The summed E-state index contributed by atoms with van der Waals surface area (Å²) in [5, 5.41) is 18.6. The summed E-state index contributed by atoms with van der Waals surface area (Å²) in [5.74, 6) is -2.16. The van der Waals surface area contributed by atoms with E-state index in [2.05, 4.69) is 0 Å². The number of carboxylic acids is 2. The van der Waals surface area contributed by atoms with Crippen molar-refractivity contribution in [3.05, 3.63) is 70.3 Å². The maximum atomic E-state index is 11.4. The van der Waals surface area contributed by atoms with Crippen LogP contribution < -0.4 is 0 Å². The number of carbonyl (C=O) groups is 2. The van der Waals surface area contributed by atoms with E-state index in [0.29, 0.717) is 18.4 Å². The highest BCUT2D eigenvalue weighted by Gasteiger charge is 2.18. The van der Waals surface area contributed by atoms with Gasteiger partial charge in [0, 0.05) is 0 Å². The molecule has 0 radical (unpaired) electrons.